The third-order valence-electron chi connectivity index (χ3n) is 3.18. The second-order valence-electron chi connectivity index (χ2n) is 4.79. The largest absolute Gasteiger partial charge is 0.480 e. The number of likely N-dealkylation sites (tertiary alicyclic amines) is 1. The van der Waals surface area contributed by atoms with E-state index in [1.165, 1.54) is 0 Å². The highest BCUT2D eigenvalue weighted by Crippen LogP contribution is 2.37. The third kappa shape index (κ3) is 1.94. The van der Waals surface area contributed by atoms with E-state index in [0.29, 0.717) is 0 Å². The highest BCUT2D eigenvalue weighted by molar-refractivity contribution is 6.01. The summed E-state index contributed by atoms with van der Waals surface area (Å²) in [5.41, 5.74) is 0. The van der Waals surface area contributed by atoms with E-state index in [4.69, 9.17) is 5.11 Å². The lowest BCUT2D eigenvalue weighted by Gasteiger charge is -2.32. The summed E-state index contributed by atoms with van der Waals surface area (Å²) in [4.78, 5) is 35.6. The minimum absolute atomic E-state index is 0.0289. The van der Waals surface area contributed by atoms with Gasteiger partial charge in [-0.05, 0) is 24.7 Å². The van der Waals surface area contributed by atoms with Gasteiger partial charge in [-0.15, -0.1) is 0 Å². The molecule has 1 atom stereocenters. The van der Waals surface area contributed by atoms with Crippen molar-refractivity contribution in [3.8, 4) is 0 Å². The topological polar surface area (TPSA) is 74.7 Å². The first-order valence-corrected chi connectivity index (χ1v) is 5.58. The van der Waals surface area contributed by atoms with Crippen molar-refractivity contribution >= 4 is 17.8 Å². The van der Waals surface area contributed by atoms with Crippen LogP contribution in [0.5, 0.6) is 0 Å². The highest BCUT2D eigenvalue weighted by Gasteiger charge is 2.46. The first-order chi connectivity index (χ1) is 7.50. The van der Waals surface area contributed by atoms with Gasteiger partial charge in [-0.3, -0.25) is 14.5 Å². The van der Waals surface area contributed by atoms with Crippen LogP contribution in [0.1, 0.15) is 32.6 Å². The van der Waals surface area contributed by atoms with Gasteiger partial charge in [-0.25, -0.2) is 4.79 Å². The maximum atomic E-state index is 11.7. The monoisotopic (exact) mass is 225 g/mol. The zero-order valence-electron chi connectivity index (χ0n) is 9.18. The number of aliphatic carboxylic acids is 1. The van der Waals surface area contributed by atoms with Gasteiger partial charge >= 0.3 is 5.97 Å². The van der Waals surface area contributed by atoms with Crippen molar-refractivity contribution in [1.29, 1.82) is 0 Å². The van der Waals surface area contributed by atoms with Gasteiger partial charge in [0.2, 0.25) is 11.8 Å². The van der Waals surface area contributed by atoms with E-state index >= 15 is 0 Å². The number of hydrogen-bond donors (Lipinski definition) is 1. The smallest absolute Gasteiger partial charge is 0.327 e. The Bertz CT molecular complexity index is 330. The van der Waals surface area contributed by atoms with E-state index in [9.17, 15) is 14.4 Å². The minimum Gasteiger partial charge on any atom is -0.480 e. The molecule has 16 heavy (non-hydrogen) atoms. The lowest BCUT2D eigenvalue weighted by Crippen LogP contribution is -2.53. The van der Waals surface area contributed by atoms with Gasteiger partial charge in [0.05, 0.1) is 0 Å². The number of carbonyl (C=O) groups is 3. The summed E-state index contributed by atoms with van der Waals surface area (Å²) in [6.45, 7) is 1.83. The van der Waals surface area contributed by atoms with Gasteiger partial charge in [0.1, 0.15) is 6.04 Å². The molecule has 0 aromatic heterocycles. The second kappa shape index (κ2) is 3.88. The normalized spacial score (nSPS) is 24.7. The number of carboxylic acids is 1. The highest BCUT2D eigenvalue weighted by atomic mass is 16.4. The van der Waals surface area contributed by atoms with E-state index in [1.807, 2.05) is 6.92 Å². The molecular formula is C11H15NO4. The van der Waals surface area contributed by atoms with Crippen molar-refractivity contribution < 1.29 is 19.5 Å². The van der Waals surface area contributed by atoms with Crippen molar-refractivity contribution in [2.45, 2.75) is 38.6 Å². The van der Waals surface area contributed by atoms with Gasteiger partial charge in [-0.1, -0.05) is 6.92 Å². The first kappa shape index (κ1) is 11.1. The number of piperidine rings is 1. The predicted octanol–water partition coefficient (Wildman–Crippen LogP) is 0.635. The van der Waals surface area contributed by atoms with Crippen LogP contribution >= 0.6 is 0 Å². The molecule has 2 aliphatic rings. The van der Waals surface area contributed by atoms with Crippen LogP contribution in [0, 0.1) is 11.8 Å². The summed E-state index contributed by atoms with van der Waals surface area (Å²) in [7, 11) is 0. The molecular weight excluding hydrogens is 210 g/mol. The molecule has 0 aromatic carbocycles. The Balaban J connectivity index is 2.19. The molecule has 5 heteroatoms. The Morgan fingerprint density at radius 1 is 1.31 bits per heavy atom. The van der Waals surface area contributed by atoms with E-state index in [2.05, 4.69) is 0 Å². The Morgan fingerprint density at radius 3 is 2.19 bits per heavy atom. The summed E-state index contributed by atoms with van der Waals surface area (Å²) in [5.74, 6) is -1.71. The molecule has 2 fully saturated rings. The second-order valence-corrected chi connectivity index (χ2v) is 4.79. The maximum Gasteiger partial charge on any atom is 0.327 e. The van der Waals surface area contributed by atoms with Crippen LogP contribution in [0.3, 0.4) is 0 Å². The summed E-state index contributed by atoms with van der Waals surface area (Å²) in [5, 5.41) is 9.09. The molecule has 2 amide bonds. The van der Waals surface area contributed by atoms with Gasteiger partial charge in [-0.2, -0.15) is 0 Å². The fraction of sp³-hybridized carbons (Fsp3) is 0.727. The summed E-state index contributed by atoms with van der Waals surface area (Å²) in [6, 6.07) is -0.924. The van der Waals surface area contributed by atoms with Gasteiger partial charge in [0.25, 0.3) is 0 Å². The predicted molar refractivity (Wildman–Crippen MR) is 54.4 cm³/mol. The lowest BCUT2D eigenvalue weighted by molar-refractivity contribution is -0.162. The number of imide groups is 1. The summed E-state index contributed by atoms with van der Waals surface area (Å²) < 4.78 is 0. The molecule has 0 spiro atoms. The molecule has 88 valence electrons. The summed E-state index contributed by atoms with van der Waals surface area (Å²) >= 11 is 0. The third-order valence-corrected chi connectivity index (χ3v) is 3.18. The number of rotatable bonds is 3. The zero-order valence-corrected chi connectivity index (χ0v) is 9.18. The first-order valence-electron chi connectivity index (χ1n) is 5.58. The van der Waals surface area contributed by atoms with Crippen LogP contribution in [0.4, 0.5) is 0 Å². The van der Waals surface area contributed by atoms with E-state index in [-0.39, 0.29) is 36.5 Å². The Labute approximate surface area is 93.4 Å². The number of nitrogens with zero attached hydrogens (tertiary/aromatic N) is 1. The van der Waals surface area contributed by atoms with Gasteiger partial charge < -0.3 is 5.11 Å². The molecule has 1 N–H and O–H groups in total. The van der Waals surface area contributed by atoms with Crippen molar-refractivity contribution in [2.75, 3.05) is 0 Å². The molecule has 1 aliphatic carbocycles. The molecule has 0 bridgehead atoms. The standard InChI is InChI=1S/C11H15NO4/c1-6-4-8(13)12(9(14)5-6)10(11(15)16)7-2-3-7/h6-7,10H,2-5H2,1H3,(H,15,16). The Morgan fingerprint density at radius 2 is 1.81 bits per heavy atom. The van der Waals surface area contributed by atoms with Crippen LogP contribution in [0.2, 0.25) is 0 Å². The maximum absolute atomic E-state index is 11.7. The SMILES string of the molecule is CC1CC(=O)N(C(C(=O)O)C2CC2)C(=O)C1. The average molecular weight is 225 g/mol. The quantitative estimate of drug-likeness (QED) is 0.715. The Hall–Kier alpha value is -1.39. The molecule has 1 heterocycles. The van der Waals surface area contributed by atoms with Crippen LogP contribution in [-0.4, -0.2) is 33.8 Å². The number of carboxylic acid groups (broad SMARTS) is 1. The Kier molecular flexibility index (Phi) is 2.69. The molecule has 1 saturated heterocycles. The van der Waals surface area contributed by atoms with E-state index in [0.717, 1.165) is 17.7 Å². The molecule has 0 radical (unpaired) electrons. The molecule has 1 saturated carbocycles. The van der Waals surface area contributed by atoms with Gasteiger partial charge in [0.15, 0.2) is 0 Å². The fourth-order valence-corrected chi connectivity index (χ4v) is 2.25. The summed E-state index contributed by atoms with van der Waals surface area (Å²) in [6.07, 6.45) is 2.15. The van der Waals surface area contributed by atoms with Crippen molar-refractivity contribution in [2.24, 2.45) is 11.8 Å². The lowest BCUT2D eigenvalue weighted by atomic mass is 9.95. The number of hydrogen-bond acceptors (Lipinski definition) is 3. The molecule has 1 aliphatic heterocycles. The molecule has 1 unspecified atom stereocenters. The van der Waals surface area contributed by atoms with Crippen molar-refractivity contribution in [3.63, 3.8) is 0 Å². The van der Waals surface area contributed by atoms with Crippen LogP contribution in [0.15, 0.2) is 0 Å². The van der Waals surface area contributed by atoms with Gasteiger partial charge in [0, 0.05) is 12.8 Å². The fourth-order valence-electron chi connectivity index (χ4n) is 2.25. The van der Waals surface area contributed by atoms with E-state index < -0.39 is 12.0 Å². The zero-order chi connectivity index (χ0) is 11.9. The van der Waals surface area contributed by atoms with Crippen molar-refractivity contribution in [3.05, 3.63) is 0 Å². The molecule has 5 nitrogen and oxygen atoms in total. The molecule has 0 aromatic rings. The van der Waals surface area contributed by atoms with Crippen LogP contribution in [0.25, 0.3) is 0 Å². The molecule has 2 rings (SSSR count). The van der Waals surface area contributed by atoms with Crippen LogP contribution in [-0.2, 0) is 14.4 Å². The number of amides is 2. The number of carbonyl (C=O) groups excluding carboxylic acids is 2. The van der Waals surface area contributed by atoms with Crippen LogP contribution < -0.4 is 0 Å². The van der Waals surface area contributed by atoms with Crippen molar-refractivity contribution in [1.82, 2.24) is 4.90 Å². The minimum atomic E-state index is -1.06. The van der Waals surface area contributed by atoms with E-state index in [1.54, 1.807) is 0 Å². The average Bonchev–Trinajstić information content (AvgIpc) is 2.93.